The van der Waals surface area contributed by atoms with Crippen LogP contribution in [0.4, 0.5) is 5.69 Å². The summed E-state index contributed by atoms with van der Waals surface area (Å²) in [5, 5.41) is 6.88. The molecule has 1 atom stereocenters. The number of nitrogens with two attached hydrogens (primary N) is 3. The Bertz CT molecular complexity index is 1220. The lowest BCUT2D eigenvalue weighted by atomic mass is 9.98. The Labute approximate surface area is 204 Å². The van der Waals surface area contributed by atoms with Gasteiger partial charge in [-0.15, -0.1) is 0 Å². The van der Waals surface area contributed by atoms with Gasteiger partial charge in [0.2, 0.25) is 5.91 Å². The SMILES string of the molecule is COc1ccc(-c2cnoc2-c2cc(C)c(C)c(OC)c2)cc1NC(=O)C(N)CCCN=C(N)N. The average Bonchev–Trinajstić information content (AvgIpc) is 3.33. The Morgan fingerprint density at radius 2 is 1.86 bits per heavy atom. The highest BCUT2D eigenvalue weighted by atomic mass is 16.5. The van der Waals surface area contributed by atoms with Crippen LogP contribution >= 0.6 is 0 Å². The van der Waals surface area contributed by atoms with Crippen LogP contribution in [-0.2, 0) is 4.79 Å². The number of amides is 1. The summed E-state index contributed by atoms with van der Waals surface area (Å²) in [6.07, 6.45) is 2.64. The highest BCUT2D eigenvalue weighted by Gasteiger charge is 2.19. The smallest absolute Gasteiger partial charge is 0.241 e. The van der Waals surface area contributed by atoms with Crippen molar-refractivity contribution in [1.29, 1.82) is 0 Å². The number of anilines is 1. The maximum Gasteiger partial charge on any atom is 0.241 e. The van der Waals surface area contributed by atoms with E-state index in [0.29, 0.717) is 36.6 Å². The normalized spacial score (nSPS) is 11.6. The van der Waals surface area contributed by atoms with E-state index in [1.807, 2.05) is 32.0 Å². The third-order valence-corrected chi connectivity index (χ3v) is 5.74. The van der Waals surface area contributed by atoms with E-state index >= 15 is 0 Å². The molecule has 0 bridgehead atoms. The Kier molecular flexibility index (Phi) is 8.32. The van der Waals surface area contributed by atoms with Gasteiger partial charge in [-0.05, 0) is 67.6 Å². The molecule has 0 radical (unpaired) electrons. The molecule has 1 heterocycles. The van der Waals surface area contributed by atoms with E-state index in [-0.39, 0.29) is 11.9 Å². The largest absolute Gasteiger partial charge is 0.496 e. The predicted octanol–water partition coefficient (Wildman–Crippen LogP) is 2.96. The van der Waals surface area contributed by atoms with Gasteiger partial charge in [0.1, 0.15) is 11.5 Å². The van der Waals surface area contributed by atoms with E-state index in [9.17, 15) is 4.79 Å². The van der Waals surface area contributed by atoms with Crippen LogP contribution in [0.25, 0.3) is 22.5 Å². The number of ether oxygens (including phenoxy) is 2. The van der Waals surface area contributed by atoms with Crippen molar-refractivity contribution in [3.63, 3.8) is 0 Å². The zero-order valence-corrected chi connectivity index (χ0v) is 20.4. The van der Waals surface area contributed by atoms with Gasteiger partial charge in [-0.25, -0.2) is 0 Å². The lowest BCUT2D eigenvalue weighted by molar-refractivity contribution is -0.117. The minimum Gasteiger partial charge on any atom is -0.496 e. The Hall–Kier alpha value is -4.05. The summed E-state index contributed by atoms with van der Waals surface area (Å²) >= 11 is 0. The topological polar surface area (TPSA) is 164 Å². The van der Waals surface area contributed by atoms with E-state index < -0.39 is 6.04 Å². The van der Waals surface area contributed by atoms with Crippen molar-refractivity contribution in [3.05, 3.63) is 47.7 Å². The number of nitrogens with zero attached hydrogens (tertiary/aromatic N) is 2. The maximum absolute atomic E-state index is 12.7. The van der Waals surface area contributed by atoms with Crippen LogP contribution < -0.4 is 32.0 Å². The van der Waals surface area contributed by atoms with Gasteiger partial charge < -0.3 is 36.5 Å². The summed E-state index contributed by atoms with van der Waals surface area (Å²) < 4.78 is 16.6. The van der Waals surface area contributed by atoms with E-state index in [4.69, 9.17) is 31.2 Å². The van der Waals surface area contributed by atoms with Crippen LogP contribution in [-0.4, -0.2) is 43.8 Å². The molecule has 0 aliphatic rings. The molecule has 0 aliphatic carbocycles. The summed E-state index contributed by atoms with van der Waals surface area (Å²) in [5.41, 5.74) is 21.7. The highest BCUT2D eigenvalue weighted by Crippen LogP contribution is 2.38. The van der Waals surface area contributed by atoms with E-state index in [1.165, 1.54) is 7.11 Å². The van der Waals surface area contributed by atoms with Crippen molar-refractivity contribution in [2.45, 2.75) is 32.7 Å². The van der Waals surface area contributed by atoms with Crippen molar-refractivity contribution in [1.82, 2.24) is 5.16 Å². The molecule has 10 heteroatoms. The molecule has 186 valence electrons. The van der Waals surface area contributed by atoms with Gasteiger partial charge in [0.25, 0.3) is 0 Å². The number of nitrogens with one attached hydrogen (secondary N) is 1. The molecule has 3 aromatic rings. The first kappa shape index (κ1) is 25.6. The van der Waals surface area contributed by atoms with Crippen molar-refractivity contribution < 1.29 is 18.8 Å². The molecule has 0 fully saturated rings. The lowest BCUT2D eigenvalue weighted by Gasteiger charge is -2.15. The first-order chi connectivity index (χ1) is 16.7. The molecule has 0 saturated heterocycles. The zero-order chi connectivity index (χ0) is 25.5. The van der Waals surface area contributed by atoms with Gasteiger partial charge in [0.05, 0.1) is 32.1 Å². The summed E-state index contributed by atoms with van der Waals surface area (Å²) in [7, 11) is 3.17. The minimum atomic E-state index is -0.730. The van der Waals surface area contributed by atoms with Crippen LogP contribution in [0.3, 0.4) is 0 Å². The van der Waals surface area contributed by atoms with Gasteiger partial charge in [-0.1, -0.05) is 11.2 Å². The van der Waals surface area contributed by atoms with Crippen LogP contribution in [0.1, 0.15) is 24.0 Å². The second-order valence-electron chi connectivity index (χ2n) is 8.15. The number of carbonyl (C=O) groups is 1. The Morgan fingerprint density at radius 3 is 2.54 bits per heavy atom. The number of aliphatic imine (C=N–C) groups is 1. The minimum absolute atomic E-state index is 0.0110. The van der Waals surface area contributed by atoms with Crippen molar-refractivity contribution in [2.24, 2.45) is 22.2 Å². The van der Waals surface area contributed by atoms with Crippen LogP contribution in [0.15, 0.2) is 46.0 Å². The number of rotatable bonds is 10. The molecule has 0 spiro atoms. The molecule has 0 aliphatic heterocycles. The summed E-state index contributed by atoms with van der Waals surface area (Å²) in [6.45, 7) is 4.42. The first-order valence-corrected chi connectivity index (χ1v) is 11.2. The molecular formula is C25H32N6O4. The third kappa shape index (κ3) is 6.10. The van der Waals surface area contributed by atoms with Crippen molar-refractivity contribution >= 4 is 17.6 Å². The number of methoxy groups -OCH3 is 2. The second-order valence-corrected chi connectivity index (χ2v) is 8.15. The molecule has 10 nitrogen and oxygen atoms in total. The fraction of sp³-hybridized carbons (Fsp3) is 0.320. The monoisotopic (exact) mass is 480 g/mol. The maximum atomic E-state index is 12.7. The van der Waals surface area contributed by atoms with Gasteiger partial charge in [0.15, 0.2) is 11.7 Å². The molecule has 1 amide bonds. The number of aryl methyl sites for hydroxylation is 1. The number of benzene rings is 2. The molecule has 35 heavy (non-hydrogen) atoms. The fourth-order valence-corrected chi connectivity index (χ4v) is 3.67. The van der Waals surface area contributed by atoms with E-state index in [0.717, 1.165) is 33.6 Å². The summed E-state index contributed by atoms with van der Waals surface area (Å²) in [6, 6.07) is 8.66. The lowest BCUT2D eigenvalue weighted by Crippen LogP contribution is -2.35. The summed E-state index contributed by atoms with van der Waals surface area (Å²) in [5.74, 6) is 1.52. The molecule has 1 aromatic heterocycles. The molecular weight excluding hydrogens is 448 g/mol. The Morgan fingerprint density at radius 1 is 1.11 bits per heavy atom. The van der Waals surface area contributed by atoms with Crippen molar-refractivity contribution in [3.8, 4) is 33.9 Å². The molecule has 0 saturated carbocycles. The molecule has 3 rings (SSSR count). The van der Waals surface area contributed by atoms with Crippen LogP contribution in [0.2, 0.25) is 0 Å². The average molecular weight is 481 g/mol. The highest BCUT2D eigenvalue weighted by molar-refractivity contribution is 5.97. The standard InChI is InChI=1S/C25H32N6O4/c1-14-10-17(12-22(34-4)15(14)2)23-18(13-30-35-23)16-7-8-21(33-3)20(11-16)31-24(32)19(26)6-5-9-29-25(27)28/h7-8,10-13,19H,5-6,9,26H2,1-4H3,(H,31,32)(H4,27,28,29). The van der Waals surface area contributed by atoms with Gasteiger partial charge in [-0.3, -0.25) is 9.79 Å². The molecule has 2 aromatic carbocycles. The number of carbonyl (C=O) groups excluding carboxylic acids is 1. The number of hydrogen-bond acceptors (Lipinski definition) is 7. The Balaban J connectivity index is 1.87. The second kappa shape index (κ2) is 11.4. The van der Waals surface area contributed by atoms with E-state index in [1.54, 1.807) is 25.4 Å². The van der Waals surface area contributed by atoms with E-state index in [2.05, 4.69) is 15.5 Å². The third-order valence-electron chi connectivity index (χ3n) is 5.74. The fourth-order valence-electron chi connectivity index (χ4n) is 3.67. The van der Waals surface area contributed by atoms with Gasteiger partial charge in [-0.2, -0.15) is 0 Å². The first-order valence-electron chi connectivity index (χ1n) is 11.2. The summed E-state index contributed by atoms with van der Waals surface area (Å²) in [4.78, 5) is 16.6. The van der Waals surface area contributed by atoms with Gasteiger partial charge >= 0.3 is 0 Å². The zero-order valence-electron chi connectivity index (χ0n) is 20.4. The molecule has 7 N–H and O–H groups in total. The van der Waals surface area contributed by atoms with Crippen LogP contribution in [0.5, 0.6) is 11.5 Å². The number of hydrogen-bond donors (Lipinski definition) is 4. The van der Waals surface area contributed by atoms with Gasteiger partial charge in [0, 0.05) is 17.7 Å². The van der Waals surface area contributed by atoms with Crippen molar-refractivity contribution in [2.75, 3.05) is 26.1 Å². The molecule has 1 unspecified atom stereocenters. The van der Waals surface area contributed by atoms with Crippen LogP contribution in [0, 0.1) is 13.8 Å². The number of aromatic nitrogens is 1. The quantitative estimate of drug-likeness (QED) is 0.195. The number of guanidine groups is 1. The predicted molar refractivity (Wildman–Crippen MR) is 136 cm³/mol.